The molecule has 2 aromatic rings. The summed E-state index contributed by atoms with van der Waals surface area (Å²) in [5.41, 5.74) is -0.255. The molecule has 0 bridgehead atoms. The second-order valence-corrected chi connectivity index (χ2v) is 7.03. The average molecular weight is 416 g/mol. The predicted molar refractivity (Wildman–Crippen MR) is 99.1 cm³/mol. The normalized spacial score (nSPS) is 17.4. The molecule has 1 fully saturated rings. The summed E-state index contributed by atoms with van der Waals surface area (Å²) in [6.07, 6.45) is 2.09. The maximum absolute atomic E-state index is 15.1. The average Bonchev–Trinajstić information content (AvgIpc) is 2.78. The number of rotatable bonds is 3. The van der Waals surface area contributed by atoms with Crippen LogP contribution in [0.15, 0.2) is 12.3 Å². The lowest BCUT2D eigenvalue weighted by Crippen LogP contribution is -2.54. The van der Waals surface area contributed by atoms with Gasteiger partial charge < -0.3 is 19.1 Å². The second kappa shape index (κ2) is 7.50. The van der Waals surface area contributed by atoms with Crippen LogP contribution in [-0.4, -0.2) is 43.3 Å². The Hall–Kier alpha value is -3.32. The molecule has 0 radical (unpaired) electrons. The van der Waals surface area contributed by atoms with Crippen LogP contribution in [0.4, 0.5) is 14.5 Å². The predicted octanol–water partition coefficient (Wildman–Crippen LogP) is 2.24. The highest BCUT2D eigenvalue weighted by Crippen LogP contribution is 2.46. The van der Waals surface area contributed by atoms with E-state index in [-0.39, 0.29) is 12.2 Å². The van der Waals surface area contributed by atoms with Gasteiger partial charge in [-0.2, -0.15) is 19.0 Å². The zero-order valence-corrected chi connectivity index (χ0v) is 16.4. The number of anilines is 1. The third kappa shape index (κ3) is 2.85. The summed E-state index contributed by atoms with van der Waals surface area (Å²) >= 11 is 0. The van der Waals surface area contributed by atoms with Crippen LogP contribution in [0.25, 0.3) is 0 Å². The van der Waals surface area contributed by atoms with E-state index >= 15 is 8.78 Å². The van der Waals surface area contributed by atoms with Gasteiger partial charge in [-0.05, 0) is 30.0 Å². The topological polar surface area (TPSA) is 97.6 Å². The summed E-state index contributed by atoms with van der Waals surface area (Å²) in [7, 11) is 2.38. The molecule has 156 valence electrons. The minimum atomic E-state index is -1.10. The maximum atomic E-state index is 15.1. The number of carbonyl (C=O) groups excluding carboxylic acids is 1. The molecule has 0 saturated carbocycles. The van der Waals surface area contributed by atoms with Crippen LogP contribution in [0.5, 0.6) is 11.8 Å². The van der Waals surface area contributed by atoms with Crippen LogP contribution in [0.3, 0.4) is 0 Å². The summed E-state index contributed by atoms with van der Waals surface area (Å²) in [5, 5.41) is 9.24. The standard InChI is InChI=1S/C20H18F2N4O4/c1-28-17-14(21)16(15(22)18(25-17)29-2)26-10-11-9-24-12(8-23)7-13(11)20(19(26)27)3-5-30-6-4-20/h7,9H,3-6,10H2,1-2H3. The number of nitriles is 1. The Morgan fingerprint density at radius 3 is 2.40 bits per heavy atom. The van der Waals surface area contributed by atoms with Crippen molar-refractivity contribution in [3.05, 3.63) is 40.7 Å². The molecule has 0 atom stereocenters. The van der Waals surface area contributed by atoms with Crippen LogP contribution in [0.2, 0.25) is 0 Å². The molecule has 2 aliphatic heterocycles. The number of nitrogens with zero attached hydrogens (tertiary/aromatic N) is 4. The van der Waals surface area contributed by atoms with Crippen molar-refractivity contribution in [3.63, 3.8) is 0 Å². The van der Waals surface area contributed by atoms with Gasteiger partial charge >= 0.3 is 0 Å². The number of hydrogen-bond donors (Lipinski definition) is 0. The quantitative estimate of drug-likeness (QED) is 0.757. The van der Waals surface area contributed by atoms with Gasteiger partial charge in [-0.3, -0.25) is 4.79 Å². The fraction of sp³-hybridized carbons (Fsp3) is 0.400. The highest BCUT2D eigenvalue weighted by molar-refractivity contribution is 6.03. The molecule has 0 aromatic carbocycles. The highest BCUT2D eigenvalue weighted by atomic mass is 19.1. The van der Waals surface area contributed by atoms with E-state index in [0.717, 1.165) is 4.90 Å². The van der Waals surface area contributed by atoms with Gasteiger partial charge in [-0.25, -0.2) is 4.98 Å². The van der Waals surface area contributed by atoms with Crippen molar-refractivity contribution < 1.29 is 27.8 Å². The molecule has 4 heterocycles. The summed E-state index contributed by atoms with van der Waals surface area (Å²) in [6.45, 7) is 0.480. The largest absolute Gasteiger partial charge is 0.479 e. The summed E-state index contributed by atoms with van der Waals surface area (Å²) in [4.78, 5) is 22.5. The van der Waals surface area contributed by atoms with Gasteiger partial charge in [0.2, 0.25) is 17.5 Å². The highest BCUT2D eigenvalue weighted by Gasteiger charge is 2.50. The number of carbonyl (C=O) groups is 1. The summed E-state index contributed by atoms with van der Waals surface area (Å²) in [5.74, 6) is -3.66. The van der Waals surface area contributed by atoms with Crippen molar-refractivity contribution in [1.82, 2.24) is 9.97 Å². The molecular formula is C20H18F2N4O4. The molecule has 10 heteroatoms. The molecule has 0 aliphatic carbocycles. The van der Waals surface area contributed by atoms with Crippen LogP contribution >= 0.6 is 0 Å². The van der Waals surface area contributed by atoms with Crippen molar-refractivity contribution >= 4 is 11.6 Å². The van der Waals surface area contributed by atoms with Gasteiger partial charge in [0.05, 0.1) is 26.2 Å². The zero-order chi connectivity index (χ0) is 21.5. The SMILES string of the molecule is COc1nc(OC)c(F)c(N2Cc3cnc(C#N)cc3C3(CCOCC3)C2=O)c1F. The van der Waals surface area contributed by atoms with Gasteiger partial charge in [0.15, 0.2) is 0 Å². The number of halogens is 2. The van der Waals surface area contributed by atoms with E-state index in [0.29, 0.717) is 37.2 Å². The Kier molecular flexibility index (Phi) is 4.99. The first kappa shape index (κ1) is 20.0. The van der Waals surface area contributed by atoms with Crippen LogP contribution in [0.1, 0.15) is 29.7 Å². The molecule has 2 aromatic heterocycles. The van der Waals surface area contributed by atoms with E-state index in [9.17, 15) is 10.1 Å². The number of fused-ring (bicyclic) bond motifs is 2. The van der Waals surface area contributed by atoms with Crippen LogP contribution in [-0.2, 0) is 21.5 Å². The van der Waals surface area contributed by atoms with Crippen LogP contribution in [0, 0.1) is 23.0 Å². The first-order chi connectivity index (χ1) is 14.5. The van der Waals surface area contributed by atoms with E-state index in [1.54, 1.807) is 6.07 Å². The van der Waals surface area contributed by atoms with E-state index in [2.05, 4.69) is 9.97 Å². The van der Waals surface area contributed by atoms with Gasteiger partial charge in [-0.1, -0.05) is 0 Å². The van der Waals surface area contributed by atoms with Gasteiger partial charge in [0, 0.05) is 19.4 Å². The molecule has 0 unspecified atom stereocenters. The van der Waals surface area contributed by atoms with Crippen molar-refractivity contribution in [1.29, 1.82) is 5.26 Å². The Labute approximate surface area is 171 Å². The Morgan fingerprint density at radius 2 is 1.83 bits per heavy atom. The van der Waals surface area contributed by atoms with E-state index in [1.165, 1.54) is 20.4 Å². The Balaban J connectivity index is 1.94. The van der Waals surface area contributed by atoms with Crippen molar-refractivity contribution in [2.45, 2.75) is 24.8 Å². The maximum Gasteiger partial charge on any atom is 0.255 e. The number of amides is 1. The van der Waals surface area contributed by atoms with E-state index in [4.69, 9.17) is 14.2 Å². The third-order valence-corrected chi connectivity index (χ3v) is 5.60. The molecular weight excluding hydrogens is 398 g/mol. The molecule has 0 N–H and O–H groups in total. The van der Waals surface area contributed by atoms with E-state index in [1.807, 2.05) is 6.07 Å². The number of methoxy groups -OCH3 is 2. The minimum Gasteiger partial charge on any atom is -0.479 e. The summed E-state index contributed by atoms with van der Waals surface area (Å²) < 4.78 is 45.4. The monoisotopic (exact) mass is 416 g/mol. The molecule has 1 amide bonds. The Morgan fingerprint density at radius 1 is 1.20 bits per heavy atom. The second-order valence-electron chi connectivity index (χ2n) is 7.03. The smallest absolute Gasteiger partial charge is 0.255 e. The molecule has 30 heavy (non-hydrogen) atoms. The minimum absolute atomic E-state index is 0.125. The van der Waals surface area contributed by atoms with Crippen LogP contribution < -0.4 is 14.4 Å². The number of hydrogen-bond acceptors (Lipinski definition) is 7. The first-order valence-electron chi connectivity index (χ1n) is 9.23. The molecule has 8 nitrogen and oxygen atoms in total. The van der Waals surface area contributed by atoms with Crippen molar-refractivity contribution in [2.24, 2.45) is 0 Å². The van der Waals surface area contributed by atoms with Gasteiger partial charge in [0.1, 0.15) is 17.5 Å². The fourth-order valence-electron chi connectivity index (χ4n) is 4.11. The number of pyridine rings is 2. The Bertz CT molecular complexity index is 1040. The lowest BCUT2D eigenvalue weighted by atomic mass is 9.69. The third-order valence-electron chi connectivity index (χ3n) is 5.60. The fourth-order valence-corrected chi connectivity index (χ4v) is 4.11. The molecule has 2 aliphatic rings. The van der Waals surface area contributed by atoms with E-state index < -0.39 is 40.4 Å². The molecule has 4 rings (SSSR count). The number of aromatic nitrogens is 2. The summed E-state index contributed by atoms with van der Waals surface area (Å²) in [6, 6.07) is 3.56. The van der Waals surface area contributed by atoms with Crippen molar-refractivity contribution in [2.75, 3.05) is 32.3 Å². The lowest BCUT2D eigenvalue weighted by Gasteiger charge is -2.44. The lowest BCUT2D eigenvalue weighted by molar-refractivity contribution is -0.128. The van der Waals surface area contributed by atoms with Gasteiger partial charge in [0.25, 0.3) is 11.8 Å². The first-order valence-corrected chi connectivity index (χ1v) is 9.23. The van der Waals surface area contributed by atoms with Crippen molar-refractivity contribution in [3.8, 4) is 17.8 Å². The molecule has 1 spiro atoms. The number of ether oxygens (including phenoxy) is 3. The van der Waals surface area contributed by atoms with Gasteiger partial charge in [-0.15, -0.1) is 0 Å². The molecule has 1 saturated heterocycles. The zero-order valence-electron chi connectivity index (χ0n) is 16.4.